The van der Waals surface area contributed by atoms with Crippen LogP contribution in [-0.2, 0) is 0 Å². The van der Waals surface area contributed by atoms with Gasteiger partial charge in [0.15, 0.2) is 0 Å². The van der Waals surface area contributed by atoms with Crippen LogP contribution in [0.5, 0.6) is 0 Å². The van der Waals surface area contributed by atoms with Gasteiger partial charge < -0.3 is 10.6 Å². The van der Waals surface area contributed by atoms with Gasteiger partial charge in [-0.15, -0.1) is 0 Å². The van der Waals surface area contributed by atoms with Crippen molar-refractivity contribution in [3.8, 4) is 0 Å². The summed E-state index contributed by atoms with van der Waals surface area (Å²) in [6.07, 6.45) is 11.0. The maximum Gasteiger partial charge on any atom is 0.319 e. The second-order valence-corrected chi connectivity index (χ2v) is 8.05. The smallest absolute Gasteiger partial charge is 0.319 e. The molecule has 2 N–H and O–H groups in total. The van der Waals surface area contributed by atoms with E-state index in [1.54, 1.807) is 7.05 Å². The lowest BCUT2D eigenvalue weighted by atomic mass is 9.76. The van der Waals surface area contributed by atoms with Crippen LogP contribution in [0.4, 0.5) is 10.5 Å². The van der Waals surface area contributed by atoms with E-state index in [0.717, 1.165) is 30.4 Å². The number of carbonyl (C=O) groups is 1. The van der Waals surface area contributed by atoms with Gasteiger partial charge in [0.1, 0.15) is 0 Å². The zero-order valence-electron chi connectivity index (χ0n) is 16.4. The summed E-state index contributed by atoms with van der Waals surface area (Å²) in [6, 6.07) is 13.0. The molecule has 0 unspecified atom stereocenters. The Hall–Kier alpha value is -2.13. The van der Waals surface area contributed by atoms with E-state index in [2.05, 4.69) is 26.6 Å². The zero-order chi connectivity index (χ0) is 18.9. The third kappa shape index (κ3) is 6.51. The van der Waals surface area contributed by atoms with Crippen LogP contribution in [0, 0.1) is 11.8 Å². The summed E-state index contributed by atoms with van der Waals surface area (Å²) in [5.74, 6) is 1.67. The minimum absolute atomic E-state index is 0.0841. The number of urea groups is 1. The van der Waals surface area contributed by atoms with E-state index in [-0.39, 0.29) is 6.03 Å². The summed E-state index contributed by atoms with van der Waals surface area (Å²) in [5, 5.41) is 6.05. The predicted octanol–water partition coefficient (Wildman–Crippen LogP) is 5.12. The molecule has 0 atom stereocenters. The molecule has 0 aromatic heterocycles. The van der Waals surface area contributed by atoms with Crippen molar-refractivity contribution >= 4 is 17.7 Å². The van der Waals surface area contributed by atoms with Crippen molar-refractivity contribution in [1.29, 1.82) is 0 Å². The Kier molecular flexibility index (Phi) is 7.46. The van der Waals surface area contributed by atoms with Crippen LogP contribution >= 0.6 is 0 Å². The Morgan fingerprint density at radius 3 is 2.26 bits per heavy atom. The lowest BCUT2D eigenvalue weighted by molar-refractivity contribution is 0.211. The van der Waals surface area contributed by atoms with Gasteiger partial charge in [-0.2, -0.15) is 0 Å². The Bertz CT molecular complexity index is 638. The van der Waals surface area contributed by atoms with Crippen molar-refractivity contribution in [2.24, 2.45) is 21.8 Å². The predicted molar refractivity (Wildman–Crippen MR) is 110 cm³/mol. The van der Waals surface area contributed by atoms with Crippen molar-refractivity contribution in [2.75, 3.05) is 12.4 Å². The van der Waals surface area contributed by atoms with Crippen LogP contribution in [0.2, 0.25) is 0 Å². The Labute approximate surface area is 162 Å². The van der Waals surface area contributed by atoms with E-state index in [9.17, 15) is 4.79 Å². The summed E-state index contributed by atoms with van der Waals surface area (Å²) in [4.78, 5) is 20.4. The first-order chi connectivity index (χ1) is 13.2. The fourth-order valence-electron chi connectivity index (χ4n) is 4.54. The van der Waals surface area contributed by atoms with Crippen LogP contribution in [0.1, 0.15) is 57.8 Å². The minimum Gasteiger partial charge on any atom is -0.335 e. The van der Waals surface area contributed by atoms with Crippen molar-refractivity contribution in [3.63, 3.8) is 0 Å². The molecular weight excluding hydrogens is 336 g/mol. The lowest BCUT2D eigenvalue weighted by Gasteiger charge is -2.33. The average Bonchev–Trinajstić information content (AvgIpc) is 2.70. The number of nitrogens with one attached hydrogen (secondary N) is 2. The number of aliphatic imine (C=N–C) groups is 2. The van der Waals surface area contributed by atoms with Gasteiger partial charge in [0.2, 0.25) is 0 Å². The van der Waals surface area contributed by atoms with Gasteiger partial charge in [-0.05, 0) is 81.8 Å². The van der Waals surface area contributed by atoms with Crippen LogP contribution in [0.25, 0.3) is 0 Å². The molecule has 2 saturated carbocycles. The molecule has 2 fully saturated rings. The number of anilines is 1. The SMILES string of the molecule is CN=C=NC1CCC(CC2CCC(NC(=O)Nc3ccccc3)CC2)CC1. The molecule has 27 heavy (non-hydrogen) atoms. The van der Waals surface area contributed by atoms with Gasteiger partial charge in [-0.3, -0.25) is 0 Å². The molecule has 2 amide bonds. The van der Waals surface area contributed by atoms with Crippen molar-refractivity contribution < 1.29 is 4.79 Å². The van der Waals surface area contributed by atoms with Crippen LogP contribution in [0.15, 0.2) is 40.3 Å². The molecule has 1 aromatic carbocycles. The van der Waals surface area contributed by atoms with Crippen molar-refractivity contribution in [2.45, 2.75) is 69.9 Å². The normalized spacial score (nSPS) is 27.9. The first kappa shape index (κ1) is 19.6. The number of benzene rings is 1. The highest BCUT2D eigenvalue weighted by molar-refractivity contribution is 5.89. The van der Waals surface area contributed by atoms with Gasteiger partial charge in [0.05, 0.1) is 12.1 Å². The Morgan fingerprint density at radius 2 is 1.63 bits per heavy atom. The zero-order valence-corrected chi connectivity index (χ0v) is 16.4. The Balaban J connectivity index is 1.33. The monoisotopic (exact) mass is 368 g/mol. The van der Waals surface area contributed by atoms with E-state index in [0.29, 0.717) is 12.1 Å². The van der Waals surface area contributed by atoms with E-state index in [4.69, 9.17) is 0 Å². The summed E-state index contributed by atoms with van der Waals surface area (Å²) >= 11 is 0. The van der Waals surface area contributed by atoms with Crippen molar-refractivity contribution in [3.05, 3.63) is 30.3 Å². The molecule has 0 heterocycles. The minimum atomic E-state index is -0.0841. The van der Waals surface area contributed by atoms with Gasteiger partial charge >= 0.3 is 6.03 Å². The molecule has 0 spiro atoms. The second kappa shape index (κ2) is 10.3. The molecule has 2 aliphatic carbocycles. The second-order valence-electron chi connectivity index (χ2n) is 8.05. The van der Waals surface area contributed by atoms with Crippen molar-refractivity contribution in [1.82, 2.24) is 5.32 Å². The average molecular weight is 369 g/mol. The molecule has 5 heteroatoms. The summed E-state index contributed by atoms with van der Waals surface area (Å²) in [7, 11) is 1.73. The number of nitrogens with zero attached hydrogens (tertiary/aromatic N) is 2. The van der Waals surface area contributed by atoms with E-state index < -0.39 is 0 Å². The van der Waals surface area contributed by atoms with Gasteiger partial charge in [0, 0.05) is 18.8 Å². The molecule has 0 radical (unpaired) electrons. The maximum absolute atomic E-state index is 12.1. The highest BCUT2D eigenvalue weighted by atomic mass is 16.2. The molecule has 2 aliphatic rings. The van der Waals surface area contributed by atoms with E-state index in [1.165, 1.54) is 44.9 Å². The summed E-state index contributed by atoms with van der Waals surface area (Å²) in [5.41, 5.74) is 0.842. The van der Waals surface area contributed by atoms with Crippen LogP contribution < -0.4 is 10.6 Å². The number of amides is 2. The number of carbonyl (C=O) groups excluding carboxylic acids is 1. The van der Waals surface area contributed by atoms with E-state index >= 15 is 0 Å². The number of hydrogen-bond donors (Lipinski definition) is 2. The van der Waals surface area contributed by atoms with Crippen LogP contribution in [-0.4, -0.2) is 31.2 Å². The third-order valence-corrected chi connectivity index (χ3v) is 6.04. The summed E-state index contributed by atoms with van der Waals surface area (Å²) in [6.45, 7) is 0. The third-order valence-electron chi connectivity index (χ3n) is 6.04. The maximum atomic E-state index is 12.1. The molecular formula is C22H32N4O. The first-order valence-electron chi connectivity index (χ1n) is 10.4. The number of hydrogen-bond acceptors (Lipinski definition) is 3. The standard InChI is InChI=1S/C22H32N4O/c1-23-16-24-19-11-7-17(8-12-19)15-18-9-13-21(14-10-18)26-22(27)25-20-5-3-2-4-6-20/h2-6,17-19,21H,7-15H2,1H3,(H2,25,26,27). The largest absolute Gasteiger partial charge is 0.335 e. The molecule has 5 nitrogen and oxygen atoms in total. The first-order valence-corrected chi connectivity index (χ1v) is 10.4. The van der Waals surface area contributed by atoms with Gasteiger partial charge in [-0.1, -0.05) is 18.2 Å². The molecule has 3 rings (SSSR count). The lowest BCUT2D eigenvalue weighted by Crippen LogP contribution is -2.40. The number of rotatable bonds is 5. The molecule has 0 aliphatic heterocycles. The number of para-hydroxylation sites is 1. The highest BCUT2D eigenvalue weighted by Gasteiger charge is 2.27. The molecule has 1 aromatic rings. The topological polar surface area (TPSA) is 65.8 Å². The highest BCUT2D eigenvalue weighted by Crippen LogP contribution is 2.36. The fraction of sp³-hybridized carbons (Fsp3) is 0.636. The molecule has 0 bridgehead atoms. The van der Waals surface area contributed by atoms with Crippen LogP contribution in [0.3, 0.4) is 0 Å². The van der Waals surface area contributed by atoms with Gasteiger partial charge in [-0.25, -0.2) is 14.8 Å². The molecule has 146 valence electrons. The quantitative estimate of drug-likeness (QED) is 0.696. The van der Waals surface area contributed by atoms with E-state index in [1.807, 2.05) is 30.3 Å². The fourth-order valence-corrected chi connectivity index (χ4v) is 4.54. The summed E-state index contributed by atoms with van der Waals surface area (Å²) < 4.78 is 0. The molecule has 0 saturated heterocycles. The Morgan fingerprint density at radius 1 is 1.00 bits per heavy atom. The van der Waals surface area contributed by atoms with Gasteiger partial charge in [0.25, 0.3) is 0 Å².